The van der Waals surface area contributed by atoms with Gasteiger partial charge in [0.25, 0.3) is 11.6 Å². The smallest absolute Gasteiger partial charge is 0.270 e. The minimum atomic E-state index is -0.557. The molecule has 0 aromatic heterocycles. The van der Waals surface area contributed by atoms with Crippen molar-refractivity contribution in [2.75, 3.05) is 4.90 Å². The van der Waals surface area contributed by atoms with Gasteiger partial charge in [-0.05, 0) is 23.6 Å². The van der Waals surface area contributed by atoms with E-state index < -0.39 is 4.92 Å². The number of phenols is 1. The van der Waals surface area contributed by atoms with Crippen molar-refractivity contribution in [3.8, 4) is 5.75 Å². The van der Waals surface area contributed by atoms with Crippen molar-refractivity contribution in [3.05, 3.63) is 81.2 Å². The maximum atomic E-state index is 13.0. The molecule has 4 rings (SSSR count). The number of phenolic OH excluding ortho intramolecular Hbond substituents is 1. The highest BCUT2D eigenvalue weighted by Gasteiger charge is 2.34. The SMILES string of the molecule is O=C1/C(=C/c2cc([N+](=O)[O-])ccc2O)SC(=S)N1c1cccc2ccccc12. The molecule has 0 unspecified atom stereocenters. The highest BCUT2D eigenvalue weighted by Crippen LogP contribution is 2.39. The summed E-state index contributed by atoms with van der Waals surface area (Å²) in [5, 5.41) is 22.9. The molecule has 1 amide bonds. The van der Waals surface area contributed by atoms with Gasteiger partial charge in [-0.15, -0.1) is 0 Å². The number of benzene rings is 3. The number of nitro benzene ring substituents is 1. The number of amides is 1. The summed E-state index contributed by atoms with van der Waals surface area (Å²) in [6, 6.07) is 17.0. The second kappa shape index (κ2) is 7.06. The summed E-state index contributed by atoms with van der Waals surface area (Å²) < 4.78 is 0.359. The first-order valence-corrected chi connectivity index (χ1v) is 9.41. The van der Waals surface area contributed by atoms with Crippen LogP contribution in [-0.4, -0.2) is 20.3 Å². The summed E-state index contributed by atoms with van der Waals surface area (Å²) in [5.41, 5.74) is 0.688. The average molecular weight is 408 g/mol. The van der Waals surface area contributed by atoms with Crippen LogP contribution in [0.3, 0.4) is 0 Å². The van der Waals surface area contributed by atoms with Gasteiger partial charge >= 0.3 is 0 Å². The van der Waals surface area contributed by atoms with Crippen molar-refractivity contribution >= 4 is 62.4 Å². The monoisotopic (exact) mass is 408 g/mol. The van der Waals surface area contributed by atoms with Crippen LogP contribution in [0.1, 0.15) is 5.56 Å². The first-order chi connectivity index (χ1) is 13.5. The number of hydrogen-bond acceptors (Lipinski definition) is 6. The first-order valence-electron chi connectivity index (χ1n) is 8.19. The molecule has 138 valence electrons. The Morgan fingerprint density at radius 3 is 2.64 bits per heavy atom. The summed E-state index contributed by atoms with van der Waals surface area (Å²) in [7, 11) is 0. The molecule has 0 radical (unpaired) electrons. The van der Waals surface area contributed by atoms with Gasteiger partial charge in [0.1, 0.15) is 5.75 Å². The van der Waals surface area contributed by atoms with Gasteiger partial charge in [0.2, 0.25) is 0 Å². The molecule has 0 saturated carbocycles. The molecule has 8 heteroatoms. The van der Waals surface area contributed by atoms with Crippen molar-refractivity contribution in [1.29, 1.82) is 0 Å². The van der Waals surface area contributed by atoms with Gasteiger partial charge in [-0.25, -0.2) is 0 Å². The van der Waals surface area contributed by atoms with Crippen LogP contribution in [0.15, 0.2) is 65.6 Å². The second-order valence-electron chi connectivity index (χ2n) is 6.02. The van der Waals surface area contributed by atoms with E-state index in [0.717, 1.165) is 22.5 Å². The van der Waals surface area contributed by atoms with Gasteiger partial charge in [-0.2, -0.15) is 0 Å². The lowest BCUT2D eigenvalue weighted by Gasteiger charge is -2.17. The van der Waals surface area contributed by atoms with Crippen LogP contribution in [0.4, 0.5) is 11.4 Å². The molecule has 0 atom stereocenters. The summed E-state index contributed by atoms with van der Waals surface area (Å²) >= 11 is 6.50. The number of fused-ring (bicyclic) bond motifs is 1. The molecule has 1 fully saturated rings. The van der Waals surface area contributed by atoms with E-state index in [1.165, 1.54) is 29.2 Å². The normalized spacial score (nSPS) is 15.6. The van der Waals surface area contributed by atoms with E-state index in [2.05, 4.69) is 0 Å². The lowest BCUT2D eigenvalue weighted by atomic mass is 10.1. The lowest BCUT2D eigenvalue weighted by molar-refractivity contribution is -0.384. The highest BCUT2D eigenvalue weighted by molar-refractivity contribution is 8.27. The van der Waals surface area contributed by atoms with Crippen molar-refractivity contribution in [3.63, 3.8) is 0 Å². The number of hydrogen-bond donors (Lipinski definition) is 1. The third-order valence-electron chi connectivity index (χ3n) is 4.31. The molecule has 1 aliphatic heterocycles. The van der Waals surface area contributed by atoms with E-state index in [1.54, 1.807) is 0 Å². The second-order valence-corrected chi connectivity index (χ2v) is 7.69. The average Bonchev–Trinajstić information content (AvgIpc) is 2.96. The van der Waals surface area contributed by atoms with Gasteiger partial charge in [-0.3, -0.25) is 19.8 Å². The van der Waals surface area contributed by atoms with Crippen molar-refractivity contribution in [2.24, 2.45) is 0 Å². The van der Waals surface area contributed by atoms with E-state index in [1.807, 2.05) is 42.5 Å². The molecule has 6 nitrogen and oxygen atoms in total. The van der Waals surface area contributed by atoms with Crippen LogP contribution in [-0.2, 0) is 4.79 Å². The summed E-state index contributed by atoms with van der Waals surface area (Å²) in [4.78, 5) is 25.2. The Balaban J connectivity index is 1.77. The summed E-state index contributed by atoms with van der Waals surface area (Å²) in [5.74, 6) is -0.488. The van der Waals surface area contributed by atoms with E-state index >= 15 is 0 Å². The topological polar surface area (TPSA) is 83.7 Å². The van der Waals surface area contributed by atoms with Crippen LogP contribution in [0.2, 0.25) is 0 Å². The molecule has 0 aliphatic carbocycles. The summed E-state index contributed by atoms with van der Waals surface area (Å²) in [6.45, 7) is 0. The molecule has 3 aromatic carbocycles. The van der Waals surface area contributed by atoms with Crippen molar-refractivity contribution in [2.45, 2.75) is 0 Å². The van der Waals surface area contributed by atoms with Gasteiger partial charge in [0.15, 0.2) is 4.32 Å². The maximum absolute atomic E-state index is 13.0. The number of carbonyl (C=O) groups excluding carboxylic acids is 1. The Morgan fingerprint density at radius 2 is 1.86 bits per heavy atom. The van der Waals surface area contributed by atoms with Crippen molar-refractivity contribution < 1.29 is 14.8 Å². The molecular formula is C20H12N2O4S2. The van der Waals surface area contributed by atoms with E-state index in [9.17, 15) is 20.0 Å². The zero-order valence-electron chi connectivity index (χ0n) is 14.2. The predicted molar refractivity (Wildman–Crippen MR) is 114 cm³/mol. The zero-order valence-corrected chi connectivity index (χ0v) is 15.9. The minimum absolute atomic E-state index is 0.152. The number of nitro groups is 1. The van der Waals surface area contributed by atoms with Crippen LogP contribution in [0.25, 0.3) is 16.8 Å². The Hall–Kier alpha value is -3.23. The predicted octanol–water partition coefficient (Wildman–Crippen LogP) is 4.86. The molecular weight excluding hydrogens is 396 g/mol. The van der Waals surface area contributed by atoms with Gasteiger partial charge < -0.3 is 5.11 Å². The molecule has 0 bridgehead atoms. The maximum Gasteiger partial charge on any atom is 0.270 e. The van der Waals surface area contributed by atoms with Crippen molar-refractivity contribution in [1.82, 2.24) is 0 Å². The molecule has 3 aromatic rings. The largest absolute Gasteiger partial charge is 0.507 e. The van der Waals surface area contributed by atoms with Crippen LogP contribution < -0.4 is 4.90 Å². The number of thiocarbonyl (C=S) groups is 1. The number of rotatable bonds is 3. The quantitative estimate of drug-likeness (QED) is 0.288. The Morgan fingerprint density at radius 1 is 1.11 bits per heavy atom. The standard InChI is InChI=1S/C20H12N2O4S2/c23-17-9-8-14(22(25)26)10-13(17)11-18-19(24)21(20(27)28-18)16-7-3-5-12-4-1-2-6-15(12)16/h1-11,23H/b18-11-. The molecule has 0 spiro atoms. The summed E-state index contributed by atoms with van der Waals surface area (Å²) in [6.07, 6.45) is 1.42. The fourth-order valence-corrected chi connectivity index (χ4v) is 4.27. The van der Waals surface area contributed by atoms with Crippen LogP contribution in [0.5, 0.6) is 5.75 Å². The number of anilines is 1. The third kappa shape index (κ3) is 3.12. The Kier molecular flexibility index (Phi) is 4.58. The molecule has 1 heterocycles. The molecule has 1 aliphatic rings. The van der Waals surface area contributed by atoms with Gasteiger partial charge in [-0.1, -0.05) is 60.4 Å². The first kappa shape index (κ1) is 18.1. The van der Waals surface area contributed by atoms with Crippen LogP contribution in [0, 0.1) is 10.1 Å². The number of nitrogens with zero attached hydrogens (tertiary/aromatic N) is 2. The zero-order chi connectivity index (χ0) is 19.8. The molecule has 1 saturated heterocycles. The minimum Gasteiger partial charge on any atom is -0.507 e. The highest BCUT2D eigenvalue weighted by atomic mass is 32.2. The Bertz CT molecular complexity index is 1180. The van der Waals surface area contributed by atoms with E-state index in [0.29, 0.717) is 10.0 Å². The van der Waals surface area contributed by atoms with E-state index in [4.69, 9.17) is 12.2 Å². The number of aromatic hydroxyl groups is 1. The number of carbonyl (C=O) groups is 1. The third-order valence-corrected chi connectivity index (χ3v) is 5.61. The molecule has 1 N–H and O–H groups in total. The van der Waals surface area contributed by atoms with Gasteiger partial charge in [0.05, 0.1) is 15.5 Å². The van der Waals surface area contributed by atoms with Crippen LogP contribution >= 0.6 is 24.0 Å². The van der Waals surface area contributed by atoms with E-state index in [-0.39, 0.29) is 27.8 Å². The fourth-order valence-electron chi connectivity index (χ4n) is 2.99. The number of thioether (sulfide) groups is 1. The Labute approximate surface area is 169 Å². The molecule has 28 heavy (non-hydrogen) atoms. The fraction of sp³-hybridized carbons (Fsp3) is 0. The number of non-ortho nitro benzene ring substituents is 1. The lowest BCUT2D eigenvalue weighted by Crippen LogP contribution is -2.27. The van der Waals surface area contributed by atoms with Gasteiger partial charge in [0, 0.05) is 23.1 Å².